The maximum Gasteiger partial charge on any atom is 0.434 e. The molecule has 0 N–H and O–H groups in total. The molecule has 0 saturated heterocycles. The van der Waals surface area contributed by atoms with E-state index in [1.54, 1.807) is 66.9 Å². The van der Waals surface area contributed by atoms with Gasteiger partial charge in [0.25, 0.3) is 5.89 Å². The van der Waals surface area contributed by atoms with Crippen LogP contribution in [0.1, 0.15) is 50.2 Å². The summed E-state index contributed by atoms with van der Waals surface area (Å²) in [5, 5.41) is 4.01. The Hall–Kier alpha value is -4.42. The number of alkyl halides is 6. The van der Waals surface area contributed by atoms with Gasteiger partial charge in [0, 0.05) is 46.7 Å². The van der Waals surface area contributed by atoms with E-state index >= 15 is 0 Å². The second-order valence-electron chi connectivity index (χ2n) is 10.1. The third-order valence-corrected chi connectivity index (χ3v) is 6.76. The Morgan fingerprint density at radius 1 is 0.707 bits per heavy atom. The normalized spacial score (nSPS) is 14.3. The van der Waals surface area contributed by atoms with Crippen molar-refractivity contribution in [3.63, 3.8) is 0 Å². The maximum atomic E-state index is 13.3. The summed E-state index contributed by atoms with van der Waals surface area (Å²) in [6.45, 7) is 3.54. The molecule has 212 valence electrons. The molecular weight excluding hydrogens is 550 g/mol. The molecule has 0 amide bonds. The molecule has 41 heavy (non-hydrogen) atoms. The van der Waals surface area contributed by atoms with Gasteiger partial charge in [-0.3, -0.25) is 0 Å². The zero-order valence-corrected chi connectivity index (χ0v) is 21.7. The number of halogens is 6. The molecule has 3 heterocycles. The summed E-state index contributed by atoms with van der Waals surface area (Å²) in [5.41, 5.74) is 0.269. The lowest BCUT2D eigenvalue weighted by Gasteiger charge is -2.11. The molecule has 0 radical (unpaired) electrons. The van der Waals surface area contributed by atoms with Crippen LogP contribution in [0, 0.1) is 0 Å². The van der Waals surface area contributed by atoms with Gasteiger partial charge in [-0.05, 0) is 38.8 Å². The average molecular weight is 573 g/mol. The molecular formula is C28H22F6N6O. The Morgan fingerprint density at radius 2 is 1.22 bits per heavy atom. The molecule has 0 aliphatic heterocycles. The summed E-state index contributed by atoms with van der Waals surface area (Å²) in [6, 6.07) is 13.0. The number of nitrogens with zero attached hydrogens (tertiary/aromatic N) is 6. The van der Waals surface area contributed by atoms with Crippen LogP contribution >= 0.6 is 0 Å². The highest BCUT2D eigenvalue weighted by molar-refractivity contribution is 5.67. The van der Waals surface area contributed by atoms with Crippen molar-refractivity contribution in [2.45, 2.75) is 51.1 Å². The Balaban J connectivity index is 1.24. The van der Waals surface area contributed by atoms with Gasteiger partial charge in [0.2, 0.25) is 5.82 Å². The highest BCUT2D eigenvalue weighted by Gasteiger charge is 2.38. The second kappa shape index (κ2) is 9.60. The number of hydrogen-bond donors (Lipinski definition) is 0. The molecule has 0 atom stereocenters. The van der Waals surface area contributed by atoms with E-state index in [9.17, 15) is 26.3 Å². The predicted octanol–water partition coefficient (Wildman–Crippen LogP) is 8.08. The van der Waals surface area contributed by atoms with Crippen LogP contribution in [0.2, 0.25) is 0 Å². The zero-order valence-electron chi connectivity index (χ0n) is 21.7. The fourth-order valence-corrected chi connectivity index (χ4v) is 4.50. The smallest absolute Gasteiger partial charge is 0.334 e. The summed E-state index contributed by atoms with van der Waals surface area (Å²) in [4.78, 5) is 12.1. The highest BCUT2D eigenvalue weighted by Crippen LogP contribution is 2.41. The topological polar surface area (TPSA) is 74.6 Å². The van der Waals surface area contributed by atoms with Crippen LogP contribution in [-0.4, -0.2) is 29.2 Å². The van der Waals surface area contributed by atoms with E-state index in [1.807, 2.05) is 0 Å². The van der Waals surface area contributed by atoms with Gasteiger partial charge in [0.1, 0.15) is 11.6 Å². The van der Waals surface area contributed by atoms with E-state index < -0.39 is 23.7 Å². The lowest BCUT2D eigenvalue weighted by atomic mass is 10.1. The first-order chi connectivity index (χ1) is 19.4. The van der Waals surface area contributed by atoms with Crippen molar-refractivity contribution in [2.75, 3.05) is 0 Å². The van der Waals surface area contributed by atoms with Crippen molar-refractivity contribution in [2.24, 2.45) is 0 Å². The SMILES string of the molecule is CC(C)n1cc(C(F)(F)F)nc1-c1ccc(-c2nc(-c3ccc(-c4nc(C(F)(F)F)cn4C4CC4)cc3)no2)cc1. The van der Waals surface area contributed by atoms with E-state index in [-0.39, 0.29) is 35.4 Å². The minimum absolute atomic E-state index is 0.0107. The lowest BCUT2D eigenvalue weighted by Crippen LogP contribution is -2.05. The molecule has 13 heteroatoms. The molecule has 6 rings (SSSR count). The van der Waals surface area contributed by atoms with Crippen LogP contribution in [0.5, 0.6) is 0 Å². The van der Waals surface area contributed by atoms with Gasteiger partial charge in [-0.25, -0.2) is 9.97 Å². The van der Waals surface area contributed by atoms with E-state index in [0.29, 0.717) is 22.3 Å². The first-order valence-electron chi connectivity index (χ1n) is 12.8. The number of aromatic nitrogens is 6. The predicted molar refractivity (Wildman–Crippen MR) is 136 cm³/mol. The lowest BCUT2D eigenvalue weighted by molar-refractivity contribution is -0.141. The third-order valence-electron chi connectivity index (χ3n) is 6.76. The first kappa shape index (κ1) is 26.8. The number of rotatable bonds is 6. The van der Waals surface area contributed by atoms with E-state index in [4.69, 9.17) is 4.52 Å². The summed E-state index contributed by atoms with van der Waals surface area (Å²) in [5.74, 6) is 0.899. The van der Waals surface area contributed by atoms with Gasteiger partial charge in [0.05, 0.1) is 0 Å². The van der Waals surface area contributed by atoms with Crippen LogP contribution < -0.4 is 0 Å². The van der Waals surface area contributed by atoms with Gasteiger partial charge < -0.3 is 13.7 Å². The van der Waals surface area contributed by atoms with Crippen molar-refractivity contribution in [3.8, 4) is 45.6 Å². The molecule has 7 nitrogen and oxygen atoms in total. The fraction of sp³-hybridized carbons (Fsp3) is 0.286. The molecule has 0 unspecified atom stereocenters. The Bertz CT molecular complexity index is 1570. The van der Waals surface area contributed by atoms with Crippen molar-refractivity contribution >= 4 is 0 Å². The summed E-state index contributed by atoms with van der Waals surface area (Å²) < 4.78 is 88.0. The highest BCUT2D eigenvalue weighted by atomic mass is 19.4. The van der Waals surface area contributed by atoms with Gasteiger partial charge in [0.15, 0.2) is 11.4 Å². The monoisotopic (exact) mass is 572 g/mol. The maximum absolute atomic E-state index is 13.3. The Morgan fingerprint density at radius 3 is 1.78 bits per heavy atom. The molecule has 5 aromatic rings. The van der Waals surface area contributed by atoms with Crippen LogP contribution in [0.3, 0.4) is 0 Å². The molecule has 1 saturated carbocycles. The fourth-order valence-electron chi connectivity index (χ4n) is 4.50. The number of imidazole rings is 2. The van der Waals surface area contributed by atoms with E-state index in [2.05, 4.69) is 20.1 Å². The van der Waals surface area contributed by atoms with Crippen LogP contribution in [0.15, 0.2) is 65.4 Å². The summed E-state index contributed by atoms with van der Waals surface area (Å²) >= 11 is 0. The third kappa shape index (κ3) is 5.23. The van der Waals surface area contributed by atoms with Crippen molar-refractivity contribution in [3.05, 3.63) is 72.3 Å². The molecule has 2 aromatic carbocycles. The van der Waals surface area contributed by atoms with Gasteiger partial charge in [-0.2, -0.15) is 31.3 Å². The number of hydrogen-bond acceptors (Lipinski definition) is 5. The van der Waals surface area contributed by atoms with Gasteiger partial charge in [-0.15, -0.1) is 0 Å². The van der Waals surface area contributed by atoms with Gasteiger partial charge in [-0.1, -0.05) is 41.6 Å². The molecule has 1 aliphatic rings. The average Bonchev–Trinajstić information content (AvgIpc) is 3.33. The van der Waals surface area contributed by atoms with E-state index in [1.165, 1.54) is 4.57 Å². The van der Waals surface area contributed by atoms with Gasteiger partial charge >= 0.3 is 12.4 Å². The number of benzene rings is 2. The van der Waals surface area contributed by atoms with Crippen molar-refractivity contribution in [1.82, 2.24) is 29.2 Å². The van der Waals surface area contributed by atoms with Crippen LogP contribution in [0.4, 0.5) is 26.3 Å². The first-order valence-corrected chi connectivity index (χ1v) is 12.8. The second-order valence-corrected chi connectivity index (χ2v) is 10.1. The minimum Gasteiger partial charge on any atom is -0.334 e. The summed E-state index contributed by atoms with van der Waals surface area (Å²) in [7, 11) is 0. The largest absolute Gasteiger partial charge is 0.434 e. The Kier molecular flexibility index (Phi) is 6.27. The molecule has 0 bridgehead atoms. The van der Waals surface area contributed by atoms with Crippen LogP contribution in [-0.2, 0) is 12.4 Å². The van der Waals surface area contributed by atoms with E-state index in [0.717, 1.165) is 25.2 Å². The zero-order chi connectivity index (χ0) is 29.1. The van der Waals surface area contributed by atoms with Crippen LogP contribution in [0.25, 0.3) is 45.6 Å². The minimum atomic E-state index is -4.56. The quantitative estimate of drug-likeness (QED) is 0.192. The molecule has 3 aromatic heterocycles. The van der Waals surface area contributed by atoms with Crippen molar-refractivity contribution in [1.29, 1.82) is 0 Å². The molecule has 0 spiro atoms. The van der Waals surface area contributed by atoms with Crippen molar-refractivity contribution < 1.29 is 30.9 Å². The standard InChI is InChI=1S/C28H22F6N6O/c1-15(2)39-13-21(27(29,30)31)35-24(39)17-7-9-19(10-8-17)26-37-23(38-41-26)16-3-5-18(6-4-16)25-36-22(28(32,33)34)14-40(25)20-11-12-20/h3-10,13-15,20H,11-12H2,1-2H3. The molecule has 1 fully saturated rings. The Labute approximate surface area is 229 Å². The molecule has 1 aliphatic carbocycles. The summed E-state index contributed by atoms with van der Waals surface area (Å²) in [6.07, 6.45) is -5.42.